The summed E-state index contributed by atoms with van der Waals surface area (Å²) in [6.45, 7) is 7.70. The predicted octanol–water partition coefficient (Wildman–Crippen LogP) is 4.99. The van der Waals surface area contributed by atoms with Crippen LogP contribution in [0, 0.1) is 17.8 Å². The lowest BCUT2D eigenvalue weighted by molar-refractivity contribution is -0.351. The van der Waals surface area contributed by atoms with Crippen LogP contribution in [0.3, 0.4) is 0 Å². The van der Waals surface area contributed by atoms with Crippen molar-refractivity contribution in [1.82, 2.24) is 21.3 Å². The second-order valence-electron chi connectivity index (χ2n) is 32.2. The summed E-state index contributed by atoms with van der Waals surface area (Å²) < 4.78 is 57.2. The quantitative estimate of drug-likeness (QED) is 0.0398. The second kappa shape index (κ2) is 38.9. The van der Waals surface area contributed by atoms with Crippen molar-refractivity contribution < 1.29 is 142 Å². The number of hydrogen-bond acceptors (Lipinski definition) is 29. The molecule has 0 spiro atoms. The summed E-state index contributed by atoms with van der Waals surface area (Å²) in [5, 5.41) is 149. The predicted molar refractivity (Wildman–Crippen MR) is 429 cm³/mol. The van der Waals surface area contributed by atoms with Crippen molar-refractivity contribution in [3.8, 4) is 62.9 Å². The first kappa shape index (κ1) is 91.3. The number of hydrogen-bond donors (Lipinski definition) is 18. The van der Waals surface area contributed by atoms with E-state index in [4.69, 9.17) is 77.3 Å². The van der Waals surface area contributed by atoms with Crippen LogP contribution in [0.1, 0.15) is 157 Å². The average molecular weight is 1740 g/mol. The van der Waals surface area contributed by atoms with Crippen LogP contribution in [0.5, 0.6) is 51.7 Å². The number of carbonyl (C=O) groups excluding carboxylic acids is 7. The Morgan fingerprint density at radius 1 is 0.672 bits per heavy atom. The van der Waals surface area contributed by atoms with Gasteiger partial charge in [0.25, 0.3) is 0 Å². The van der Waals surface area contributed by atoms with Gasteiger partial charge in [-0.3, -0.25) is 33.6 Å². The van der Waals surface area contributed by atoms with E-state index in [1.807, 2.05) is 32.0 Å². The number of ether oxygens (including phenoxy) is 9. The first-order chi connectivity index (χ1) is 57.9. The normalized spacial score (nSPS) is 30.3. The number of fused-ring (bicyclic) bond motifs is 15. The molecule has 3 saturated heterocycles. The summed E-state index contributed by atoms with van der Waals surface area (Å²) in [7, 11) is 0. The Kier molecular flexibility index (Phi) is 29.1. The molecule has 8 aliphatic heterocycles. The van der Waals surface area contributed by atoms with Gasteiger partial charge in [-0.1, -0.05) is 86.8 Å². The number of aliphatic hydroxyl groups is 8. The number of carboxylic acids is 1. The molecule has 0 saturated carbocycles. The number of ketones is 2. The van der Waals surface area contributed by atoms with Crippen molar-refractivity contribution in [3.63, 3.8) is 0 Å². The largest absolute Gasteiger partial charge is 0.508 e. The Morgan fingerprint density at radius 2 is 1.33 bits per heavy atom. The second-order valence-corrected chi connectivity index (χ2v) is 33.0. The van der Waals surface area contributed by atoms with E-state index in [2.05, 4.69) is 21.3 Å². The molecule has 6 aromatic carbocycles. The number of halogens is 2. The number of Topliss-reactive ketones (excluding diaryl/α,β-unsaturated/α-hetero) is 2. The summed E-state index contributed by atoms with van der Waals surface area (Å²) in [5.74, 6) is -19.0. The Labute approximate surface area is 709 Å². The molecule has 23 atom stereocenters. The lowest BCUT2D eigenvalue weighted by Gasteiger charge is -2.46. The summed E-state index contributed by atoms with van der Waals surface area (Å²) in [6.07, 6.45) is -28.1. The summed E-state index contributed by atoms with van der Waals surface area (Å²) in [6, 6.07) is 14.7. The van der Waals surface area contributed by atoms with E-state index in [-0.39, 0.29) is 52.6 Å². The van der Waals surface area contributed by atoms with Crippen molar-refractivity contribution in [1.29, 1.82) is 0 Å². The molecule has 20 N–H and O–H groups in total. The number of phenols is 3. The molecule has 8 heterocycles. The Balaban J connectivity index is 1.03. The monoisotopic (exact) mass is 1740 g/mol. The number of unbranched alkanes of at least 4 members (excludes halogenated alkanes) is 2. The zero-order chi connectivity index (χ0) is 88.2. The van der Waals surface area contributed by atoms with Gasteiger partial charge in [0.15, 0.2) is 41.7 Å². The van der Waals surface area contributed by atoms with Crippen molar-refractivity contribution in [2.24, 2.45) is 29.2 Å². The third kappa shape index (κ3) is 20.5. The van der Waals surface area contributed by atoms with E-state index >= 15 is 24.0 Å². The topological polar surface area (TPSA) is 563 Å². The van der Waals surface area contributed by atoms with Gasteiger partial charge < -0.3 is 137 Å². The summed E-state index contributed by atoms with van der Waals surface area (Å²) in [5.41, 5.74) is 8.55. The molecule has 14 rings (SSSR count). The number of aliphatic hydroxyl groups excluding tert-OH is 8. The van der Waals surface area contributed by atoms with Crippen molar-refractivity contribution in [2.45, 2.75) is 227 Å². The number of rotatable bonds is 22. The first-order valence-electron chi connectivity index (χ1n) is 40.0. The van der Waals surface area contributed by atoms with Crippen LogP contribution < -0.4 is 51.7 Å². The number of aliphatic carboxylic acids is 1. The standard InChI is InChI=1S/C85H100Cl2N6O29/c1-6-38(23-36(2)3)78(108)92-66-53(98)27-43(30-61(88)100)79(109)90-64-42-28-58(116-55-20-17-40(68(66)101)25-49(55)86)75(121-84-73(106)71(104)76(60(35-94)119-84)122-83-72(105)70(103)69(102)57(118-83)15-11-8-12-22-114-45-13-9-7-10-14-45)59(29-42)117-56-21-18-41(26-50(56)87)74(120-62-34-85(5,89)77(107)37(4)115-62)67-81(111)91-65(82(112)113)48-31-44(95)32-52(97)63(48)47-24-39(16-19-51(47)96)46(33-54(64)99)80(110)93-67/h7,9-10,13-14,16-21,24-26,28-29,31-32,36-38,43,46,57,60,62,64-74,76-77,83-84,94-97,101-107H,6,8,11-12,15,22-23,27,30,33-35,89H2,1-5H3,(H2,88,100)(H,90,109)(H,91,111)(H,92,108)(H,93,110)(H,112,113)/t37-,38+,43-,46+,57+,60+,62?,64+,65+,66-,67-,68+,69-,70-,71+,72+,73+,74+,76+,77-,83-,84-,85-/m0/s1. The van der Waals surface area contributed by atoms with Crippen LogP contribution in [-0.4, -0.2) is 219 Å². The average Bonchev–Trinajstić information content (AvgIpc) is 0.760. The van der Waals surface area contributed by atoms with E-state index in [9.17, 15) is 75.7 Å². The number of carbonyl (C=O) groups is 8. The Morgan fingerprint density at radius 3 is 1.97 bits per heavy atom. The number of primary amides is 1. The molecule has 8 aliphatic rings. The van der Waals surface area contributed by atoms with E-state index in [1.165, 1.54) is 44.2 Å². The van der Waals surface area contributed by atoms with Crippen molar-refractivity contribution in [2.75, 3.05) is 13.2 Å². The molecule has 6 aromatic rings. The van der Waals surface area contributed by atoms with E-state index < -0.39 is 280 Å². The summed E-state index contributed by atoms with van der Waals surface area (Å²) >= 11 is 14.5. The van der Waals surface area contributed by atoms with E-state index in [1.54, 1.807) is 19.1 Å². The van der Waals surface area contributed by atoms with Crippen LogP contribution in [0.4, 0.5) is 0 Å². The van der Waals surface area contributed by atoms with Crippen LogP contribution in [-0.2, 0) is 62.0 Å². The minimum Gasteiger partial charge on any atom is -0.508 e. The van der Waals surface area contributed by atoms with E-state index in [0.29, 0.717) is 38.0 Å². The molecule has 35 nitrogen and oxygen atoms in total. The zero-order valence-electron chi connectivity index (χ0n) is 66.9. The molecule has 3 fully saturated rings. The zero-order valence-corrected chi connectivity index (χ0v) is 68.4. The number of aromatic hydroxyl groups is 3. The molecular weight excluding hydrogens is 1640 g/mol. The molecule has 5 amide bonds. The fraction of sp³-hybridized carbons (Fsp3) is 0.482. The number of benzene rings is 6. The van der Waals surface area contributed by atoms with Gasteiger partial charge in [-0.15, -0.1) is 0 Å². The number of nitrogens with one attached hydrogen (secondary N) is 4. The van der Waals surface area contributed by atoms with E-state index in [0.717, 1.165) is 48.5 Å². The third-order valence-corrected chi connectivity index (χ3v) is 23.3. The van der Waals surface area contributed by atoms with Gasteiger partial charge >= 0.3 is 5.97 Å². The minimum absolute atomic E-state index is 0.0422. The fourth-order valence-corrected chi connectivity index (χ4v) is 16.6. The minimum atomic E-state index is -2.32. The van der Waals surface area contributed by atoms with Crippen LogP contribution >= 0.6 is 23.2 Å². The molecular formula is C85H100Cl2N6O29. The number of carboxylic acid groups (broad SMARTS) is 1. The molecule has 122 heavy (non-hydrogen) atoms. The highest BCUT2D eigenvalue weighted by molar-refractivity contribution is 6.32. The van der Waals surface area contributed by atoms with Crippen LogP contribution in [0.25, 0.3) is 11.1 Å². The first-order valence-corrected chi connectivity index (χ1v) is 40.8. The Hall–Kier alpha value is -9.90. The van der Waals surface area contributed by atoms with Crippen molar-refractivity contribution >= 4 is 70.3 Å². The number of nitrogens with two attached hydrogens (primary N) is 2. The SMILES string of the molecule is CC[C@H](CC(C)C)C(=O)N[C@H]1C(=O)C[C@@H](CC(N)=O)C(=O)N[C@H]2C(=O)C[C@H]3C(=O)N[C@H](C(=O)N[C@@H](C(=O)O)c4cc(O)cc(O)c4-c4cc3ccc4O)[C@H](OC3C[C@](C)(N)[C@@H](O)[C@H](C)O3)c3ccc(c(Cl)c3)Oc3cc2cc(c3O[C@@H]2O[C@H](CO)[C@@H](O[C@@H]3O[C@H](CCCCCOc4ccccc4)[C@H](O)[C@H](O)[C@H]3O)[C@H](O)[C@H]2O)Oc2ccc(cc2Cl)[C@H]1O. The maximum Gasteiger partial charge on any atom is 0.330 e. The lowest BCUT2D eigenvalue weighted by Crippen LogP contribution is -2.64. The maximum atomic E-state index is 16.5. The highest BCUT2D eigenvalue weighted by atomic mass is 35.5. The van der Waals surface area contributed by atoms with Gasteiger partial charge in [0.2, 0.25) is 41.6 Å². The molecule has 0 radical (unpaired) electrons. The molecule has 0 aliphatic carbocycles. The lowest BCUT2D eigenvalue weighted by atomic mass is 9.84. The van der Waals surface area contributed by atoms with Gasteiger partial charge in [-0.2, -0.15) is 0 Å². The molecule has 37 heteroatoms. The highest BCUT2D eigenvalue weighted by Gasteiger charge is 2.53. The van der Waals surface area contributed by atoms with Crippen LogP contribution in [0.2, 0.25) is 10.0 Å². The number of amides is 5. The fourth-order valence-electron chi connectivity index (χ4n) is 16.1. The Bertz CT molecular complexity index is 4850. The molecule has 1 unspecified atom stereocenters. The van der Waals surface area contributed by atoms with Crippen LogP contribution in [0.15, 0.2) is 109 Å². The molecule has 0 aromatic heterocycles. The van der Waals surface area contributed by atoms with Gasteiger partial charge in [0.1, 0.15) is 108 Å². The van der Waals surface area contributed by atoms with Gasteiger partial charge in [0, 0.05) is 59.9 Å². The highest BCUT2D eigenvalue weighted by Crippen LogP contribution is 2.51. The smallest absolute Gasteiger partial charge is 0.330 e. The molecule has 658 valence electrons. The maximum absolute atomic E-state index is 16.5. The third-order valence-electron chi connectivity index (χ3n) is 22.7. The van der Waals surface area contributed by atoms with Gasteiger partial charge in [-0.25, -0.2) is 4.79 Å². The number of phenolic OH excluding ortho intramolecular Hbond substituents is 3. The van der Waals surface area contributed by atoms with Gasteiger partial charge in [0.05, 0.1) is 53.4 Å². The number of para-hydroxylation sites is 1. The van der Waals surface area contributed by atoms with Gasteiger partial charge in [-0.05, 0) is 141 Å². The van der Waals surface area contributed by atoms with Crippen molar-refractivity contribution in [3.05, 3.63) is 147 Å². The summed E-state index contributed by atoms with van der Waals surface area (Å²) in [4.78, 5) is 121. The molecule has 11 bridgehead atoms.